The van der Waals surface area contributed by atoms with E-state index in [1.165, 1.54) is 0 Å². The predicted molar refractivity (Wildman–Crippen MR) is 90.5 cm³/mol. The summed E-state index contributed by atoms with van der Waals surface area (Å²) >= 11 is 0. The number of aliphatic hydroxyl groups is 1. The molecule has 1 aromatic carbocycles. The molecule has 0 bridgehead atoms. The number of carbonyl (C=O) groups excluding carboxylic acids is 1. The van der Waals surface area contributed by atoms with Gasteiger partial charge in [-0.25, -0.2) is 0 Å². The summed E-state index contributed by atoms with van der Waals surface area (Å²) in [5, 5.41) is 12.6. The molecule has 1 fully saturated rings. The monoisotopic (exact) mass is 320 g/mol. The van der Waals surface area contributed by atoms with Crippen LogP contribution in [0, 0.1) is 12.8 Å². The number of ether oxygens (including phenoxy) is 1. The molecule has 0 radical (unpaired) electrons. The van der Waals surface area contributed by atoms with Gasteiger partial charge in [-0.3, -0.25) is 9.69 Å². The minimum absolute atomic E-state index is 0.0177. The van der Waals surface area contributed by atoms with Gasteiger partial charge in [0.2, 0.25) is 5.91 Å². The molecule has 1 saturated heterocycles. The van der Waals surface area contributed by atoms with Gasteiger partial charge in [-0.2, -0.15) is 0 Å². The number of carbonyl (C=O) groups is 1. The fraction of sp³-hybridized carbons (Fsp3) is 0.611. The van der Waals surface area contributed by atoms with E-state index in [0.717, 1.165) is 30.8 Å². The fourth-order valence-corrected chi connectivity index (χ4v) is 2.92. The van der Waals surface area contributed by atoms with Crippen molar-refractivity contribution in [2.24, 2.45) is 5.92 Å². The van der Waals surface area contributed by atoms with Crippen LogP contribution in [0.4, 0.5) is 0 Å². The zero-order chi connectivity index (χ0) is 16.8. The van der Waals surface area contributed by atoms with E-state index in [1.54, 1.807) is 0 Å². The van der Waals surface area contributed by atoms with Crippen molar-refractivity contribution in [3.63, 3.8) is 0 Å². The second kappa shape index (κ2) is 8.31. The molecule has 3 unspecified atom stereocenters. The molecule has 1 aliphatic rings. The number of hydrogen-bond donors (Lipinski definition) is 2. The van der Waals surface area contributed by atoms with Crippen LogP contribution in [0.25, 0.3) is 0 Å². The Morgan fingerprint density at radius 1 is 1.48 bits per heavy atom. The number of benzene rings is 1. The van der Waals surface area contributed by atoms with Crippen LogP contribution < -0.4 is 10.1 Å². The topological polar surface area (TPSA) is 61.8 Å². The Kier molecular flexibility index (Phi) is 6.42. The molecule has 2 N–H and O–H groups in total. The van der Waals surface area contributed by atoms with Crippen molar-refractivity contribution in [2.75, 3.05) is 26.2 Å². The van der Waals surface area contributed by atoms with E-state index < -0.39 is 0 Å². The molecule has 3 atom stereocenters. The van der Waals surface area contributed by atoms with E-state index in [-0.39, 0.29) is 24.0 Å². The lowest BCUT2D eigenvalue weighted by Gasteiger charge is -2.24. The third kappa shape index (κ3) is 5.22. The molecule has 1 aliphatic heterocycles. The number of hydrogen-bond acceptors (Lipinski definition) is 4. The summed E-state index contributed by atoms with van der Waals surface area (Å²) in [4.78, 5) is 14.3. The van der Waals surface area contributed by atoms with Crippen LogP contribution in [0.1, 0.15) is 25.8 Å². The van der Waals surface area contributed by atoms with Gasteiger partial charge in [0.15, 0.2) is 0 Å². The molecule has 128 valence electrons. The number of amides is 1. The normalized spacial score (nSPS) is 21.0. The summed E-state index contributed by atoms with van der Waals surface area (Å²) in [6.07, 6.45) is 0.643. The molecule has 1 amide bonds. The molecule has 0 aliphatic carbocycles. The minimum atomic E-state index is -0.307. The molecule has 23 heavy (non-hydrogen) atoms. The Bertz CT molecular complexity index is 519. The van der Waals surface area contributed by atoms with E-state index >= 15 is 0 Å². The van der Waals surface area contributed by atoms with Crippen LogP contribution in [-0.2, 0) is 4.79 Å². The van der Waals surface area contributed by atoms with E-state index in [9.17, 15) is 9.90 Å². The van der Waals surface area contributed by atoms with Crippen LogP contribution in [-0.4, -0.2) is 54.3 Å². The van der Waals surface area contributed by atoms with Crippen LogP contribution in [0.3, 0.4) is 0 Å². The van der Waals surface area contributed by atoms with Crippen molar-refractivity contribution in [1.82, 2.24) is 10.2 Å². The number of aryl methyl sites for hydroxylation is 1. The summed E-state index contributed by atoms with van der Waals surface area (Å²) in [7, 11) is 0. The third-order valence-corrected chi connectivity index (χ3v) is 4.53. The van der Waals surface area contributed by atoms with Crippen LogP contribution in [0.5, 0.6) is 5.75 Å². The Labute approximate surface area is 138 Å². The molecular weight excluding hydrogens is 292 g/mol. The zero-order valence-electron chi connectivity index (χ0n) is 14.3. The van der Waals surface area contributed by atoms with Crippen molar-refractivity contribution >= 4 is 5.91 Å². The van der Waals surface area contributed by atoms with Crippen LogP contribution >= 0.6 is 0 Å². The minimum Gasteiger partial charge on any atom is -0.492 e. The van der Waals surface area contributed by atoms with Gasteiger partial charge in [-0.05, 0) is 57.4 Å². The lowest BCUT2D eigenvalue weighted by Crippen LogP contribution is -2.45. The Morgan fingerprint density at radius 2 is 2.26 bits per heavy atom. The summed E-state index contributed by atoms with van der Waals surface area (Å²) in [6, 6.07) is 7.70. The number of nitrogens with zero attached hydrogens (tertiary/aromatic N) is 1. The highest BCUT2D eigenvalue weighted by Gasteiger charge is 2.31. The fourth-order valence-electron chi connectivity index (χ4n) is 2.92. The Morgan fingerprint density at radius 3 is 2.91 bits per heavy atom. The highest BCUT2D eigenvalue weighted by molar-refractivity contribution is 5.81. The van der Waals surface area contributed by atoms with E-state index in [1.807, 2.05) is 45.0 Å². The predicted octanol–water partition coefficient (Wildman–Crippen LogP) is 1.58. The van der Waals surface area contributed by atoms with Crippen molar-refractivity contribution in [3.8, 4) is 5.75 Å². The molecule has 0 spiro atoms. The van der Waals surface area contributed by atoms with Gasteiger partial charge >= 0.3 is 0 Å². The Balaban J connectivity index is 1.68. The lowest BCUT2D eigenvalue weighted by molar-refractivity contribution is -0.125. The summed E-state index contributed by atoms with van der Waals surface area (Å²) in [6.45, 7) is 8.36. The first-order chi connectivity index (χ1) is 11.0. The molecule has 0 saturated carbocycles. The summed E-state index contributed by atoms with van der Waals surface area (Å²) in [5.74, 6) is 1.12. The van der Waals surface area contributed by atoms with Gasteiger partial charge in [0.1, 0.15) is 12.4 Å². The third-order valence-electron chi connectivity index (χ3n) is 4.53. The summed E-state index contributed by atoms with van der Waals surface area (Å²) < 4.78 is 5.63. The maximum Gasteiger partial charge on any atom is 0.237 e. The van der Waals surface area contributed by atoms with E-state index in [2.05, 4.69) is 10.2 Å². The van der Waals surface area contributed by atoms with Gasteiger partial charge in [0.25, 0.3) is 0 Å². The largest absolute Gasteiger partial charge is 0.492 e. The molecule has 5 heteroatoms. The molecular formula is C18H28N2O3. The number of aliphatic hydroxyl groups excluding tert-OH is 1. The standard InChI is InChI=1S/C18H28N2O3/c1-13-5-4-6-17(11-13)23-10-8-19-18(22)14(2)20-9-7-16(12-20)15(3)21/h4-6,11,14-16,21H,7-10,12H2,1-3H3,(H,19,22). The first-order valence-corrected chi connectivity index (χ1v) is 8.36. The number of rotatable bonds is 7. The van der Waals surface area contributed by atoms with E-state index in [0.29, 0.717) is 13.2 Å². The Hall–Kier alpha value is -1.59. The number of likely N-dealkylation sites (tertiary alicyclic amines) is 1. The summed E-state index contributed by atoms with van der Waals surface area (Å²) in [5.41, 5.74) is 1.15. The van der Waals surface area contributed by atoms with Crippen LogP contribution in [0.2, 0.25) is 0 Å². The average molecular weight is 320 g/mol. The van der Waals surface area contributed by atoms with Gasteiger partial charge < -0.3 is 15.2 Å². The van der Waals surface area contributed by atoms with Gasteiger partial charge in [-0.15, -0.1) is 0 Å². The zero-order valence-corrected chi connectivity index (χ0v) is 14.3. The van der Waals surface area contributed by atoms with Gasteiger partial charge in [0, 0.05) is 6.54 Å². The maximum absolute atomic E-state index is 12.2. The maximum atomic E-state index is 12.2. The van der Waals surface area contributed by atoms with E-state index in [4.69, 9.17) is 4.74 Å². The molecule has 1 aromatic rings. The van der Waals surface area contributed by atoms with Crippen LogP contribution in [0.15, 0.2) is 24.3 Å². The van der Waals surface area contributed by atoms with Crippen molar-refractivity contribution in [3.05, 3.63) is 29.8 Å². The van der Waals surface area contributed by atoms with Crippen molar-refractivity contribution < 1.29 is 14.6 Å². The highest BCUT2D eigenvalue weighted by atomic mass is 16.5. The highest BCUT2D eigenvalue weighted by Crippen LogP contribution is 2.21. The van der Waals surface area contributed by atoms with Crippen molar-refractivity contribution in [1.29, 1.82) is 0 Å². The first-order valence-electron chi connectivity index (χ1n) is 8.36. The van der Waals surface area contributed by atoms with Gasteiger partial charge in [0.05, 0.1) is 18.7 Å². The molecule has 1 heterocycles. The SMILES string of the molecule is Cc1cccc(OCCNC(=O)C(C)N2CCC(C(C)O)C2)c1. The smallest absolute Gasteiger partial charge is 0.237 e. The van der Waals surface area contributed by atoms with Gasteiger partial charge in [-0.1, -0.05) is 12.1 Å². The lowest BCUT2D eigenvalue weighted by atomic mass is 10.0. The quantitative estimate of drug-likeness (QED) is 0.749. The molecule has 2 rings (SSSR count). The molecule has 5 nitrogen and oxygen atoms in total. The second-order valence-electron chi connectivity index (χ2n) is 6.42. The molecule has 0 aromatic heterocycles. The average Bonchev–Trinajstić information content (AvgIpc) is 3.01. The first kappa shape index (κ1) is 17.8. The number of nitrogens with one attached hydrogen (secondary N) is 1. The second-order valence-corrected chi connectivity index (χ2v) is 6.42. The van der Waals surface area contributed by atoms with Crippen molar-refractivity contribution in [2.45, 2.75) is 39.3 Å².